The number of rotatable bonds is 9. The average Bonchev–Trinajstić information content (AvgIpc) is 3.95. The van der Waals surface area contributed by atoms with Gasteiger partial charge >= 0.3 is 17.9 Å². The molecule has 3 aliphatic heterocycles. The Morgan fingerprint density at radius 2 is 1.30 bits per heavy atom. The zero-order valence-electron chi connectivity index (χ0n) is 28.5. The highest BCUT2D eigenvalue weighted by atomic mass is 16.5. The predicted octanol–water partition coefficient (Wildman–Crippen LogP) is 5.50. The second kappa shape index (κ2) is 13.7. The largest absolute Gasteiger partial charge is 0.491 e. The number of carbonyl (C=O) groups excluding carboxylic acids is 4. The maximum Gasteiger partial charge on any atom is 0.417 e. The molecule has 14 nitrogen and oxygen atoms in total. The van der Waals surface area contributed by atoms with Gasteiger partial charge in [0.2, 0.25) is 0 Å². The van der Waals surface area contributed by atoms with E-state index < -0.39 is 29.7 Å². The highest BCUT2D eigenvalue weighted by molar-refractivity contribution is 6.32. The molecule has 7 rings (SSSR count). The zero-order chi connectivity index (χ0) is 37.4. The Morgan fingerprint density at radius 3 is 1.83 bits per heavy atom. The lowest BCUT2D eigenvalue weighted by molar-refractivity contribution is -0.123. The third-order valence-corrected chi connectivity index (χ3v) is 8.68. The fraction of sp³-hybridized carbons (Fsp3) is 0.0769. The van der Waals surface area contributed by atoms with Crippen LogP contribution in [0.5, 0.6) is 0 Å². The van der Waals surface area contributed by atoms with Crippen molar-refractivity contribution in [2.45, 2.75) is 0 Å². The van der Waals surface area contributed by atoms with Crippen LogP contribution in [0.3, 0.4) is 0 Å². The second-order valence-corrected chi connectivity index (χ2v) is 11.8. The molecule has 53 heavy (non-hydrogen) atoms. The molecule has 264 valence electrons. The number of ether oxygens (including phenoxy) is 2. The number of nitrogens with one attached hydrogen (secondary N) is 1. The van der Waals surface area contributed by atoms with Crippen molar-refractivity contribution in [3.8, 4) is 0 Å². The van der Waals surface area contributed by atoms with Gasteiger partial charge in [0.15, 0.2) is 11.5 Å². The average molecular weight is 711 g/mol. The van der Waals surface area contributed by atoms with E-state index in [-0.39, 0.29) is 34.4 Å². The number of aromatic amines is 1. The summed E-state index contributed by atoms with van der Waals surface area (Å²) in [5.41, 5.74) is 3.24. The summed E-state index contributed by atoms with van der Waals surface area (Å²) in [7, 11) is 4.37. The minimum absolute atomic E-state index is 0.0711. The van der Waals surface area contributed by atoms with Gasteiger partial charge in [-0.05, 0) is 60.2 Å². The van der Waals surface area contributed by atoms with E-state index in [0.29, 0.717) is 22.8 Å². The third kappa shape index (κ3) is 6.14. The van der Waals surface area contributed by atoms with Gasteiger partial charge in [-0.1, -0.05) is 48.5 Å². The lowest BCUT2D eigenvalue weighted by Gasteiger charge is -2.24. The molecule has 0 radical (unpaired) electrons. The summed E-state index contributed by atoms with van der Waals surface area (Å²) in [4.78, 5) is 77.8. The maximum atomic E-state index is 13.2. The first-order valence-corrected chi connectivity index (χ1v) is 16.1. The number of amidine groups is 1. The van der Waals surface area contributed by atoms with Gasteiger partial charge in [-0.3, -0.25) is 19.2 Å². The summed E-state index contributed by atoms with van der Waals surface area (Å²) in [6.07, 6.45) is 4.28. The number of nitrogens with zero attached hydrogens (tertiary/aromatic N) is 5. The topological polar surface area (TPSA) is 165 Å². The monoisotopic (exact) mass is 710 g/mol. The molecule has 3 aromatic carbocycles. The number of aromatic nitrogens is 1. The first-order chi connectivity index (χ1) is 25.6. The first-order valence-electron chi connectivity index (χ1n) is 16.1. The van der Waals surface area contributed by atoms with Crippen LogP contribution in [-0.4, -0.2) is 66.9 Å². The van der Waals surface area contributed by atoms with Crippen molar-refractivity contribution < 1.29 is 38.6 Å². The van der Waals surface area contributed by atoms with Crippen molar-refractivity contribution in [3.63, 3.8) is 0 Å². The van der Waals surface area contributed by atoms with Gasteiger partial charge in [-0.2, -0.15) is 0 Å². The number of anilines is 5. The summed E-state index contributed by atoms with van der Waals surface area (Å²) >= 11 is 0. The molecule has 0 spiro atoms. The van der Waals surface area contributed by atoms with Crippen LogP contribution < -0.4 is 19.6 Å². The minimum Gasteiger partial charge on any atom is -0.491 e. The van der Waals surface area contributed by atoms with Crippen LogP contribution >= 0.6 is 0 Å². The Kier molecular flexibility index (Phi) is 8.77. The second-order valence-electron chi connectivity index (χ2n) is 11.8. The number of H-pyrrole nitrogens is 1. The molecular weight excluding hydrogens is 680 g/mol. The lowest BCUT2D eigenvalue weighted by atomic mass is 10.0. The van der Waals surface area contributed by atoms with E-state index in [0.717, 1.165) is 38.1 Å². The Bertz CT molecular complexity index is 2290. The number of hydrogen-bond acceptors (Lipinski definition) is 9. The van der Waals surface area contributed by atoms with Gasteiger partial charge < -0.3 is 24.5 Å². The summed E-state index contributed by atoms with van der Waals surface area (Å²) in [5, 5.41) is 10.6. The Morgan fingerprint density at radius 1 is 0.736 bits per heavy atom. The molecule has 14 heteroatoms. The SMILES string of the molecule is COC1=CC(=O)N(c2cc(N3C(=O)C=C(OC)C3=O)cc(N(C(=O)O)c3ccc(/C(=C4\C=CC(N(C)c5ccccc5)=N4)c4ccccc4)[nH]3)c2)C1=O. The molecule has 1 aromatic heterocycles. The van der Waals surface area contributed by atoms with Crippen molar-refractivity contribution >= 4 is 69.7 Å². The van der Waals surface area contributed by atoms with E-state index in [1.807, 2.05) is 84.8 Å². The zero-order valence-corrected chi connectivity index (χ0v) is 28.5. The van der Waals surface area contributed by atoms with Crippen LogP contribution in [0.25, 0.3) is 5.57 Å². The summed E-state index contributed by atoms with van der Waals surface area (Å²) in [5.74, 6) is -2.90. The van der Waals surface area contributed by atoms with E-state index in [1.54, 1.807) is 12.1 Å². The minimum atomic E-state index is -1.45. The van der Waals surface area contributed by atoms with Gasteiger partial charge in [-0.15, -0.1) is 0 Å². The fourth-order valence-electron chi connectivity index (χ4n) is 6.17. The molecule has 4 heterocycles. The Labute approximate surface area is 302 Å². The van der Waals surface area contributed by atoms with Crippen LogP contribution in [0, 0.1) is 0 Å². The van der Waals surface area contributed by atoms with E-state index in [2.05, 4.69) is 4.98 Å². The molecule has 0 saturated carbocycles. The molecular formula is C39H30N6O8. The molecule has 0 atom stereocenters. The number of likely N-dealkylation sites (N-methyl/N-ethyl adjacent to an activating group) is 1. The lowest BCUT2D eigenvalue weighted by Crippen LogP contribution is -2.34. The van der Waals surface area contributed by atoms with E-state index in [1.165, 1.54) is 32.4 Å². The number of carboxylic acid groups (broad SMARTS) is 1. The number of para-hydroxylation sites is 1. The van der Waals surface area contributed by atoms with Crippen molar-refractivity contribution in [2.75, 3.05) is 40.9 Å². The molecule has 5 amide bonds. The third-order valence-electron chi connectivity index (χ3n) is 8.68. The molecule has 4 aromatic rings. The highest BCUT2D eigenvalue weighted by Gasteiger charge is 2.38. The van der Waals surface area contributed by atoms with Crippen molar-refractivity contribution in [1.29, 1.82) is 0 Å². The summed E-state index contributed by atoms with van der Waals surface area (Å²) in [6.45, 7) is 0. The molecule has 0 fully saturated rings. The van der Waals surface area contributed by atoms with E-state index >= 15 is 0 Å². The normalized spacial score (nSPS) is 16.2. The smallest absolute Gasteiger partial charge is 0.417 e. The molecule has 0 bridgehead atoms. The Hall–Kier alpha value is -7.48. The van der Waals surface area contributed by atoms with Gasteiger partial charge in [0.25, 0.3) is 11.8 Å². The van der Waals surface area contributed by atoms with Gasteiger partial charge in [0.1, 0.15) is 11.7 Å². The number of methoxy groups -OCH3 is 2. The number of benzene rings is 3. The predicted molar refractivity (Wildman–Crippen MR) is 196 cm³/mol. The molecule has 0 saturated heterocycles. The van der Waals surface area contributed by atoms with Crippen LogP contribution in [0.2, 0.25) is 0 Å². The Balaban J connectivity index is 1.33. The first kappa shape index (κ1) is 34.0. The number of aliphatic imine (C=N–C) groups is 1. The molecule has 2 N–H and O–H groups in total. The number of hydrogen-bond donors (Lipinski definition) is 2. The quantitative estimate of drug-likeness (QED) is 0.213. The van der Waals surface area contributed by atoms with Crippen LogP contribution in [0.15, 0.2) is 138 Å². The van der Waals surface area contributed by atoms with E-state index in [4.69, 9.17) is 14.5 Å². The van der Waals surface area contributed by atoms with E-state index in [9.17, 15) is 29.1 Å². The van der Waals surface area contributed by atoms with Crippen LogP contribution in [-0.2, 0) is 28.7 Å². The van der Waals surface area contributed by atoms with Crippen LogP contribution in [0.1, 0.15) is 11.3 Å². The van der Waals surface area contributed by atoms with Gasteiger partial charge in [-0.25, -0.2) is 24.5 Å². The molecule has 0 aliphatic carbocycles. The number of carbonyl (C=O) groups is 5. The maximum absolute atomic E-state index is 13.2. The molecule has 3 aliphatic rings. The number of amides is 5. The van der Waals surface area contributed by atoms with Gasteiger partial charge in [0.05, 0.1) is 49.1 Å². The van der Waals surface area contributed by atoms with Crippen LogP contribution in [0.4, 0.5) is 33.4 Å². The standard InChI is InChI=1S/C39H30N6O8/c1-42(24-12-8-5-9-13-24)32-16-14-28(40-32)36(23-10-6-4-7-11-23)29-15-17-33(41-29)43(39(50)51)25-18-26(44-34(46)21-30(52-2)37(44)48)20-27(19-25)45-35(47)22-31(53-3)38(45)49/h4-22,41H,1-3H3,(H,50,51)/b36-28+. The molecule has 0 unspecified atom stereocenters. The van der Waals surface area contributed by atoms with Gasteiger partial charge in [0, 0.05) is 24.0 Å². The summed E-state index contributed by atoms with van der Waals surface area (Å²) in [6, 6.07) is 26.3. The summed E-state index contributed by atoms with van der Waals surface area (Å²) < 4.78 is 10.1. The van der Waals surface area contributed by atoms with Crippen molar-refractivity contribution in [3.05, 3.63) is 144 Å². The number of allylic oxidation sites excluding steroid dienone is 1. The highest BCUT2D eigenvalue weighted by Crippen LogP contribution is 2.39. The van der Waals surface area contributed by atoms with Crippen molar-refractivity contribution in [1.82, 2.24) is 4.98 Å². The fourth-order valence-corrected chi connectivity index (χ4v) is 6.17. The number of imide groups is 2. The van der Waals surface area contributed by atoms with Crippen molar-refractivity contribution in [2.24, 2.45) is 4.99 Å².